The maximum Gasteiger partial charge on any atom is 0.191 e. The molecule has 2 fully saturated rings. The third-order valence-electron chi connectivity index (χ3n) is 6.11. The van der Waals surface area contributed by atoms with Crippen molar-refractivity contribution in [1.82, 2.24) is 10.6 Å². The highest BCUT2D eigenvalue weighted by atomic mass is 127. The second kappa shape index (κ2) is 11.3. The van der Waals surface area contributed by atoms with Crippen LogP contribution in [0.2, 0.25) is 0 Å². The summed E-state index contributed by atoms with van der Waals surface area (Å²) in [4.78, 5) is 4.41. The molecule has 0 aromatic heterocycles. The molecular weight excluding hydrogens is 469 g/mol. The van der Waals surface area contributed by atoms with Crippen molar-refractivity contribution in [3.8, 4) is 0 Å². The fraction of sp³-hybridized carbons (Fsp3) is 0.667. The van der Waals surface area contributed by atoms with Gasteiger partial charge in [0.2, 0.25) is 0 Å². The molecule has 2 aliphatic rings. The number of guanidine groups is 1. The molecule has 0 saturated carbocycles. The number of aliphatic imine (C=N–C) groups is 1. The largest absolute Gasteiger partial charge is 0.396 e. The van der Waals surface area contributed by atoms with Crippen LogP contribution in [0.1, 0.15) is 31.2 Å². The summed E-state index contributed by atoms with van der Waals surface area (Å²) in [7, 11) is 1.80. The summed E-state index contributed by atoms with van der Waals surface area (Å²) >= 11 is 0. The van der Waals surface area contributed by atoms with Crippen LogP contribution in [-0.4, -0.2) is 64.2 Å². The Bertz CT molecular complexity index is 600. The average Bonchev–Trinajstić information content (AvgIpc) is 3.18. The van der Waals surface area contributed by atoms with Gasteiger partial charge in [-0.2, -0.15) is 0 Å². The highest BCUT2D eigenvalue weighted by Crippen LogP contribution is 2.34. The van der Waals surface area contributed by atoms with Crippen molar-refractivity contribution >= 4 is 29.9 Å². The fourth-order valence-electron chi connectivity index (χ4n) is 4.18. The monoisotopic (exact) mass is 503 g/mol. The summed E-state index contributed by atoms with van der Waals surface area (Å²) in [5.74, 6) is 0.806. The van der Waals surface area contributed by atoms with Crippen molar-refractivity contribution in [1.29, 1.82) is 0 Å². The second-order valence-corrected chi connectivity index (χ2v) is 7.81. The van der Waals surface area contributed by atoms with Crippen LogP contribution < -0.4 is 10.6 Å². The zero-order valence-corrected chi connectivity index (χ0v) is 19.1. The van der Waals surface area contributed by atoms with Gasteiger partial charge in [-0.15, -0.1) is 24.0 Å². The maximum absolute atomic E-state index is 9.41. The van der Waals surface area contributed by atoms with Gasteiger partial charge < -0.3 is 25.2 Å². The standard InChI is InChI=1S/C21H33N3O3.HI/c1-22-19(23-15-20(7-11-25)8-12-27-17-20)24-16-21(9-13-26-14-10-21)18-5-3-2-4-6-18;/h2-6,25H,7-17H2,1H3,(H2,22,23,24);1H. The zero-order chi connectivity index (χ0) is 19.0. The van der Waals surface area contributed by atoms with Crippen LogP contribution in [0.25, 0.3) is 0 Å². The molecule has 1 aromatic rings. The Hall–Kier alpha value is -0.900. The molecule has 158 valence electrons. The van der Waals surface area contributed by atoms with E-state index in [1.54, 1.807) is 7.05 Å². The van der Waals surface area contributed by atoms with Gasteiger partial charge in [0, 0.05) is 57.4 Å². The molecule has 0 aliphatic carbocycles. The first-order valence-electron chi connectivity index (χ1n) is 9.98. The summed E-state index contributed by atoms with van der Waals surface area (Å²) < 4.78 is 11.2. The van der Waals surface area contributed by atoms with Gasteiger partial charge in [-0.05, 0) is 31.2 Å². The van der Waals surface area contributed by atoms with Crippen LogP contribution in [0.15, 0.2) is 35.3 Å². The summed E-state index contributed by atoms with van der Waals surface area (Å²) in [6, 6.07) is 10.7. The molecule has 0 spiro atoms. The van der Waals surface area contributed by atoms with E-state index in [-0.39, 0.29) is 41.4 Å². The van der Waals surface area contributed by atoms with Crippen LogP contribution in [0.4, 0.5) is 0 Å². The molecular formula is C21H34IN3O3. The number of benzene rings is 1. The van der Waals surface area contributed by atoms with Crippen molar-refractivity contribution in [2.24, 2.45) is 10.4 Å². The molecule has 1 aromatic carbocycles. The fourth-order valence-corrected chi connectivity index (χ4v) is 4.18. The third-order valence-corrected chi connectivity index (χ3v) is 6.11. The van der Waals surface area contributed by atoms with E-state index in [1.165, 1.54) is 5.56 Å². The number of ether oxygens (including phenoxy) is 2. The van der Waals surface area contributed by atoms with E-state index in [4.69, 9.17) is 9.47 Å². The Kier molecular flexibility index (Phi) is 9.46. The normalized spacial score (nSPS) is 24.4. The van der Waals surface area contributed by atoms with Crippen molar-refractivity contribution < 1.29 is 14.6 Å². The van der Waals surface area contributed by atoms with E-state index in [0.29, 0.717) is 6.61 Å². The molecule has 2 heterocycles. The second-order valence-electron chi connectivity index (χ2n) is 7.81. The van der Waals surface area contributed by atoms with Crippen LogP contribution in [0, 0.1) is 5.41 Å². The minimum absolute atomic E-state index is 0. The lowest BCUT2D eigenvalue weighted by molar-refractivity contribution is 0.0513. The predicted octanol–water partition coefficient (Wildman–Crippen LogP) is 2.31. The van der Waals surface area contributed by atoms with Gasteiger partial charge in [0.15, 0.2) is 5.96 Å². The van der Waals surface area contributed by atoms with Gasteiger partial charge in [-0.1, -0.05) is 30.3 Å². The highest BCUT2D eigenvalue weighted by Gasteiger charge is 2.36. The van der Waals surface area contributed by atoms with Crippen molar-refractivity contribution in [3.05, 3.63) is 35.9 Å². The molecule has 1 unspecified atom stereocenters. The van der Waals surface area contributed by atoms with Gasteiger partial charge in [-0.25, -0.2) is 0 Å². The summed E-state index contributed by atoms with van der Waals surface area (Å²) in [6.07, 6.45) is 3.73. The zero-order valence-electron chi connectivity index (χ0n) is 16.8. The van der Waals surface area contributed by atoms with Crippen molar-refractivity contribution in [2.75, 3.05) is 53.2 Å². The average molecular weight is 503 g/mol. The summed E-state index contributed by atoms with van der Waals surface area (Å²) in [5.41, 5.74) is 1.43. The van der Waals surface area contributed by atoms with E-state index >= 15 is 0 Å². The van der Waals surface area contributed by atoms with Gasteiger partial charge in [0.25, 0.3) is 0 Å². The number of hydrogen-bond acceptors (Lipinski definition) is 4. The lowest BCUT2D eigenvalue weighted by Crippen LogP contribution is -2.50. The first-order valence-corrected chi connectivity index (χ1v) is 9.98. The molecule has 7 heteroatoms. The molecule has 2 aliphatic heterocycles. The molecule has 3 rings (SSSR count). The van der Waals surface area contributed by atoms with Crippen LogP contribution >= 0.6 is 24.0 Å². The quantitative estimate of drug-likeness (QED) is 0.303. The first kappa shape index (κ1) is 23.4. The van der Waals surface area contributed by atoms with E-state index in [9.17, 15) is 5.11 Å². The van der Waals surface area contributed by atoms with E-state index in [2.05, 4.69) is 46.0 Å². The van der Waals surface area contributed by atoms with Crippen molar-refractivity contribution in [3.63, 3.8) is 0 Å². The Morgan fingerprint density at radius 1 is 1.04 bits per heavy atom. The van der Waals surface area contributed by atoms with Gasteiger partial charge >= 0.3 is 0 Å². The Morgan fingerprint density at radius 2 is 1.71 bits per heavy atom. The van der Waals surface area contributed by atoms with Gasteiger partial charge in [0.05, 0.1) is 6.61 Å². The number of halogens is 1. The SMILES string of the molecule is CN=C(NCC1(CCO)CCOC1)NCC1(c2ccccc2)CCOCC1.I. The molecule has 1 atom stereocenters. The maximum atomic E-state index is 9.41. The molecule has 6 nitrogen and oxygen atoms in total. The number of rotatable bonds is 7. The van der Waals surface area contributed by atoms with Gasteiger partial charge in [0.1, 0.15) is 0 Å². The summed E-state index contributed by atoms with van der Waals surface area (Å²) in [6.45, 7) is 4.82. The van der Waals surface area contributed by atoms with Gasteiger partial charge in [-0.3, -0.25) is 4.99 Å². The summed E-state index contributed by atoms with van der Waals surface area (Å²) in [5, 5.41) is 16.4. The minimum Gasteiger partial charge on any atom is -0.396 e. The number of nitrogens with zero attached hydrogens (tertiary/aromatic N) is 1. The molecule has 28 heavy (non-hydrogen) atoms. The predicted molar refractivity (Wildman–Crippen MR) is 123 cm³/mol. The number of aliphatic hydroxyl groups is 1. The molecule has 0 amide bonds. The number of nitrogens with one attached hydrogen (secondary N) is 2. The first-order chi connectivity index (χ1) is 13.2. The van der Waals surface area contributed by atoms with Crippen LogP contribution in [0.3, 0.4) is 0 Å². The molecule has 0 bridgehead atoms. The van der Waals surface area contributed by atoms with Crippen molar-refractivity contribution in [2.45, 2.75) is 31.1 Å². The lowest BCUT2D eigenvalue weighted by Gasteiger charge is -2.38. The van der Waals surface area contributed by atoms with Crippen LogP contribution in [-0.2, 0) is 14.9 Å². The highest BCUT2D eigenvalue weighted by molar-refractivity contribution is 14.0. The molecule has 0 radical (unpaired) electrons. The smallest absolute Gasteiger partial charge is 0.191 e. The van der Waals surface area contributed by atoms with E-state index in [0.717, 1.165) is 64.6 Å². The number of aliphatic hydroxyl groups excluding tert-OH is 1. The number of hydrogen-bond donors (Lipinski definition) is 3. The topological polar surface area (TPSA) is 75.1 Å². The lowest BCUT2D eigenvalue weighted by atomic mass is 9.74. The molecule has 2 saturated heterocycles. The van der Waals surface area contributed by atoms with E-state index < -0.39 is 0 Å². The van der Waals surface area contributed by atoms with Crippen LogP contribution in [0.5, 0.6) is 0 Å². The molecule has 3 N–H and O–H groups in total. The van der Waals surface area contributed by atoms with E-state index in [1.807, 2.05) is 0 Å². The minimum atomic E-state index is 0. The Morgan fingerprint density at radius 3 is 2.32 bits per heavy atom. The third kappa shape index (κ3) is 5.81. The Labute approximate surface area is 185 Å². The Balaban J connectivity index is 0.00000280.